The van der Waals surface area contributed by atoms with Crippen LogP contribution >= 0.6 is 0 Å². The third kappa shape index (κ3) is 3.32. The van der Waals surface area contributed by atoms with Crippen molar-refractivity contribution in [2.75, 3.05) is 13.7 Å². The molecule has 1 aromatic carbocycles. The van der Waals surface area contributed by atoms with Crippen LogP contribution in [0, 0.1) is 5.82 Å². The van der Waals surface area contributed by atoms with E-state index in [4.69, 9.17) is 4.74 Å². The van der Waals surface area contributed by atoms with Crippen molar-refractivity contribution in [3.8, 4) is 5.75 Å². The molecule has 21 heavy (non-hydrogen) atoms. The van der Waals surface area contributed by atoms with Gasteiger partial charge in [-0.25, -0.2) is 4.39 Å². The van der Waals surface area contributed by atoms with E-state index in [9.17, 15) is 14.0 Å². The molecule has 1 fully saturated rings. The minimum Gasteiger partial charge on any atom is -0.494 e. The Hall–Kier alpha value is -2.11. The van der Waals surface area contributed by atoms with Crippen molar-refractivity contribution in [3.05, 3.63) is 29.6 Å². The largest absolute Gasteiger partial charge is 0.494 e. The highest BCUT2D eigenvalue weighted by molar-refractivity contribution is 5.94. The van der Waals surface area contributed by atoms with Gasteiger partial charge < -0.3 is 15.0 Å². The van der Waals surface area contributed by atoms with Gasteiger partial charge in [-0.2, -0.15) is 0 Å². The van der Waals surface area contributed by atoms with Gasteiger partial charge in [-0.15, -0.1) is 0 Å². The SMILES string of the molecule is CCCC1NC(=O)CN(Cc2cccc(OC)c2F)C1=O. The number of benzene rings is 1. The summed E-state index contributed by atoms with van der Waals surface area (Å²) in [4.78, 5) is 25.4. The Morgan fingerprint density at radius 1 is 1.43 bits per heavy atom. The molecule has 1 heterocycles. The van der Waals surface area contributed by atoms with Crippen molar-refractivity contribution in [1.29, 1.82) is 0 Å². The van der Waals surface area contributed by atoms with Crippen LogP contribution in [0.5, 0.6) is 5.75 Å². The summed E-state index contributed by atoms with van der Waals surface area (Å²) >= 11 is 0. The van der Waals surface area contributed by atoms with Gasteiger partial charge in [0.25, 0.3) is 0 Å². The van der Waals surface area contributed by atoms with Gasteiger partial charge >= 0.3 is 0 Å². The molecular formula is C15H19FN2O3. The fourth-order valence-electron chi connectivity index (χ4n) is 2.43. The van der Waals surface area contributed by atoms with E-state index in [1.54, 1.807) is 12.1 Å². The van der Waals surface area contributed by atoms with E-state index in [1.807, 2.05) is 6.92 Å². The summed E-state index contributed by atoms with van der Waals surface area (Å²) < 4.78 is 19.1. The summed E-state index contributed by atoms with van der Waals surface area (Å²) in [5.41, 5.74) is 0.340. The van der Waals surface area contributed by atoms with Crippen LogP contribution in [0.3, 0.4) is 0 Å². The molecule has 1 aromatic rings. The maximum Gasteiger partial charge on any atom is 0.245 e. The Balaban J connectivity index is 2.18. The summed E-state index contributed by atoms with van der Waals surface area (Å²) in [6.07, 6.45) is 1.37. The number of carbonyl (C=O) groups excluding carboxylic acids is 2. The van der Waals surface area contributed by atoms with Gasteiger partial charge in [0, 0.05) is 12.1 Å². The number of rotatable bonds is 5. The van der Waals surface area contributed by atoms with E-state index in [2.05, 4.69) is 5.32 Å². The Kier molecular flexibility index (Phi) is 4.77. The number of hydrogen-bond acceptors (Lipinski definition) is 3. The molecule has 0 saturated carbocycles. The summed E-state index contributed by atoms with van der Waals surface area (Å²) in [5, 5.41) is 2.67. The molecule has 2 rings (SSSR count). The summed E-state index contributed by atoms with van der Waals surface area (Å²) in [6.45, 7) is 1.96. The molecule has 5 nitrogen and oxygen atoms in total. The highest BCUT2D eigenvalue weighted by Gasteiger charge is 2.32. The molecule has 6 heteroatoms. The minimum absolute atomic E-state index is 0.0459. The Morgan fingerprint density at radius 2 is 2.19 bits per heavy atom. The van der Waals surface area contributed by atoms with E-state index < -0.39 is 11.9 Å². The zero-order chi connectivity index (χ0) is 15.4. The van der Waals surface area contributed by atoms with Gasteiger partial charge in [0.05, 0.1) is 13.7 Å². The average Bonchev–Trinajstić information content (AvgIpc) is 2.46. The van der Waals surface area contributed by atoms with Gasteiger partial charge in [0.2, 0.25) is 11.8 Å². The zero-order valence-corrected chi connectivity index (χ0v) is 12.2. The van der Waals surface area contributed by atoms with E-state index in [1.165, 1.54) is 18.1 Å². The number of nitrogens with one attached hydrogen (secondary N) is 1. The summed E-state index contributed by atoms with van der Waals surface area (Å²) in [6, 6.07) is 4.26. The predicted molar refractivity (Wildman–Crippen MR) is 75.2 cm³/mol. The van der Waals surface area contributed by atoms with Crippen LogP contribution in [0.4, 0.5) is 4.39 Å². The van der Waals surface area contributed by atoms with Crippen LogP contribution in [0.2, 0.25) is 0 Å². The molecule has 114 valence electrons. The first-order chi connectivity index (χ1) is 10.1. The van der Waals surface area contributed by atoms with E-state index in [0.29, 0.717) is 12.0 Å². The molecule has 0 bridgehead atoms. The quantitative estimate of drug-likeness (QED) is 0.894. The molecule has 1 aliphatic heterocycles. The molecule has 1 aliphatic rings. The second-order valence-electron chi connectivity index (χ2n) is 5.04. The number of amides is 2. The Morgan fingerprint density at radius 3 is 2.86 bits per heavy atom. The average molecular weight is 294 g/mol. The maximum absolute atomic E-state index is 14.1. The number of piperazine rings is 1. The number of ether oxygens (including phenoxy) is 1. The number of halogens is 1. The smallest absolute Gasteiger partial charge is 0.245 e. The zero-order valence-electron chi connectivity index (χ0n) is 12.2. The Labute approximate surface area is 123 Å². The second-order valence-corrected chi connectivity index (χ2v) is 5.04. The molecular weight excluding hydrogens is 275 g/mol. The van der Waals surface area contributed by atoms with Gasteiger partial charge in [-0.1, -0.05) is 25.5 Å². The van der Waals surface area contributed by atoms with Gasteiger partial charge in [-0.3, -0.25) is 9.59 Å². The highest BCUT2D eigenvalue weighted by Crippen LogP contribution is 2.22. The normalized spacial score (nSPS) is 18.6. The van der Waals surface area contributed by atoms with Crippen LogP contribution in [0.25, 0.3) is 0 Å². The lowest BCUT2D eigenvalue weighted by molar-refractivity contribution is -0.145. The van der Waals surface area contributed by atoms with E-state index in [0.717, 1.165) is 6.42 Å². The molecule has 2 amide bonds. The third-order valence-corrected chi connectivity index (χ3v) is 3.48. The molecule has 1 saturated heterocycles. The predicted octanol–water partition coefficient (Wildman–Crippen LogP) is 1.46. The van der Waals surface area contributed by atoms with E-state index >= 15 is 0 Å². The number of nitrogens with zero attached hydrogens (tertiary/aromatic N) is 1. The van der Waals surface area contributed by atoms with Crippen molar-refractivity contribution in [2.45, 2.75) is 32.4 Å². The monoisotopic (exact) mass is 294 g/mol. The molecule has 0 aromatic heterocycles. The van der Waals surface area contributed by atoms with Crippen LogP contribution < -0.4 is 10.1 Å². The van der Waals surface area contributed by atoms with Crippen molar-refractivity contribution in [2.24, 2.45) is 0 Å². The van der Waals surface area contributed by atoms with Crippen molar-refractivity contribution in [1.82, 2.24) is 10.2 Å². The fourth-order valence-corrected chi connectivity index (χ4v) is 2.43. The van der Waals surface area contributed by atoms with E-state index in [-0.39, 0.29) is 30.7 Å². The van der Waals surface area contributed by atoms with Crippen molar-refractivity contribution < 1.29 is 18.7 Å². The number of carbonyl (C=O) groups is 2. The third-order valence-electron chi connectivity index (χ3n) is 3.48. The molecule has 1 unspecified atom stereocenters. The number of methoxy groups -OCH3 is 1. The molecule has 0 radical (unpaired) electrons. The lowest BCUT2D eigenvalue weighted by Crippen LogP contribution is -2.57. The highest BCUT2D eigenvalue weighted by atomic mass is 19.1. The van der Waals surface area contributed by atoms with Crippen LogP contribution in [-0.4, -0.2) is 36.4 Å². The van der Waals surface area contributed by atoms with Gasteiger partial charge in [0.1, 0.15) is 6.04 Å². The number of hydrogen-bond donors (Lipinski definition) is 1. The van der Waals surface area contributed by atoms with Crippen LogP contribution in [0.1, 0.15) is 25.3 Å². The van der Waals surface area contributed by atoms with Gasteiger partial charge in [-0.05, 0) is 12.5 Å². The topological polar surface area (TPSA) is 58.6 Å². The van der Waals surface area contributed by atoms with Crippen molar-refractivity contribution in [3.63, 3.8) is 0 Å². The van der Waals surface area contributed by atoms with Crippen molar-refractivity contribution >= 4 is 11.8 Å². The Bertz CT molecular complexity index is 548. The fraction of sp³-hybridized carbons (Fsp3) is 0.467. The second kappa shape index (κ2) is 6.56. The first-order valence-electron chi connectivity index (χ1n) is 6.96. The molecule has 1 N–H and O–H groups in total. The summed E-state index contributed by atoms with van der Waals surface area (Å²) in [7, 11) is 1.39. The first-order valence-corrected chi connectivity index (χ1v) is 6.96. The summed E-state index contributed by atoms with van der Waals surface area (Å²) in [5.74, 6) is -0.743. The van der Waals surface area contributed by atoms with Crippen LogP contribution in [-0.2, 0) is 16.1 Å². The molecule has 1 atom stereocenters. The lowest BCUT2D eigenvalue weighted by Gasteiger charge is -2.32. The lowest BCUT2D eigenvalue weighted by atomic mass is 10.1. The minimum atomic E-state index is -0.509. The molecule has 0 aliphatic carbocycles. The van der Waals surface area contributed by atoms with Gasteiger partial charge in [0.15, 0.2) is 11.6 Å². The van der Waals surface area contributed by atoms with Crippen LogP contribution in [0.15, 0.2) is 18.2 Å². The standard InChI is InChI=1S/C15H19FN2O3/c1-3-5-11-15(20)18(9-13(19)17-11)8-10-6-4-7-12(21-2)14(10)16/h4,6-7,11H,3,5,8-9H2,1-2H3,(H,17,19). The maximum atomic E-state index is 14.1. The first kappa shape index (κ1) is 15.3. The molecule has 0 spiro atoms.